The van der Waals surface area contributed by atoms with Crippen molar-refractivity contribution in [1.29, 1.82) is 0 Å². The van der Waals surface area contributed by atoms with E-state index in [4.69, 9.17) is 16.3 Å². The number of carbonyl (C=O) groups excluding carboxylic acids is 1. The van der Waals surface area contributed by atoms with E-state index in [1.807, 2.05) is 13.0 Å². The number of pyridine rings is 1. The van der Waals surface area contributed by atoms with E-state index in [0.717, 1.165) is 37.5 Å². The summed E-state index contributed by atoms with van der Waals surface area (Å²) in [6, 6.07) is 3.62. The number of aromatic nitrogens is 2. The molecule has 1 spiro atoms. The lowest BCUT2D eigenvalue weighted by Crippen LogP contribution is -2.46. The van der Waals surface area contributed by atoms with Crippen LogP contribution < -0.4 is 10.6 Å². The van der Waals surface area contributed by atoms with E-state index in [9.17, 15) is 4.79 Å². The van der Waals surface area contributed by atoms with Gasteiger partial charge in [0.25, 0.3) is 5.91 Å². The second-order valence-electron chi connectivity index (χ2n) is 7.77. The lowest BCUT2D eigenvalue weighted by molar-refractivity contribution is -0.0721. The van der Waals surface area contributed by atoms with Crippen LogP contribution in [0.1, 0.15) is 48.8 Å². The summed E-state index contributed by atoms with van der Waals surface area (Å²) in [7, 11) is 0. The van der Waals surface area contributed by atoms with Gasteiger partial charge in [0.15, 0.2) is 0 Å². The zero-order valence-electron chi connectivity index (χ0n) is 15.8. The number of hydrogen-bond acceptors (Lipinski definition) is 4. The standard InChI is InChI=1S/C20H27ClN4O2/c1-2-16-18(25-12-14(21)3-4-17(25)24-16)19(26)23-11-15-5-6-20(13-27-15)7-9-22-10-8-20/h3-4,12,15,22H,2,5-11,13H2,1H3,(H,23,26). The number of halogens is 1. The molecule has 0 bridgehead atoms. The van der Waals surface area contributed by atoms with Gasteiger partial charge in [0.2, 0.25) is 0 Å². The summed E-state index contributed by atoms with van der Waals surface area (Å²) in [6.45, 7) is 5.51. The minimum atomic E-state index is -0.118. The van der Waals surface area contributed by atoms with E-state index in [-0.39, 0.29) is 12.0 Å². The highest BCUT2D eigenvalue weighted by Crippen LogP contribution is 2.38. The maximum Gasteiger partial charge on any atom is 0.270 e. The Kier molecular flexibility index (Phi) is 5.39. The Hall–Kier alpha value is -1.63. The predicted molar refractivity (Wildman–Crippen MR) is 105 cm³/mol. The molecule has 0 aromatic carbocycles. The highest BCUT2D eigenvalue weighted by Gasteiger charge is 2.37. The van der Waals surface area contributed by atoms with Gasteiger partial charge in [-0.3, -0.25) is 9.20 Å². The first-order valence-corrected chi connectivity index (χ1v) is 10.2. The zero-order chi connectivity index (χ0) is 18.9. The SMILES string of the molecule is CCc1nc2ccc(Cl)cn2c1C(=O)NCC1CCC2(CCNCC2)CO1. The molecule has 7 heteroatoms. The average molecular weight is 391 g/mol. The lowest BCUT2D eigenvalue weighted by atomic mass is 9.74. The number of aryl methyl sites for hydroxylation is 1. The third-order valence-electron chi connectivity index (χ3n) is 5.98. The molecule has 2 aliphatic heterocycles. The average Bonchev–Trinajstić information content (AvgIpc) is 3.06. The van der Waals surface area contributed by atoms with Gasteiger partial charge < -0.3 is 15.4 Å². The molecule has 2 saturated heterocycles. The molecule has 1 atom stereocenters. The van der Waals surface area contributed by atoms with Crippen LogP contribution >= 0.6 is 11.6 Å². The van der Waals surface area contributed by atoms with Crippen molar-refractivity contribution in [2.24, 2.45) is 5.41 Å². The van der Waals surface area contributed by atoms with Crippen molar-refractivity contribution < 1.29 is 9.53 Å². The molecule has 146 valence electrons. The van der Waals surface area contributed by atoms with Gasteiger partial charge in [0, 0.05) is 12.7 Å². The van der Waals surface area contributed by atoms with Crippen LogP contribution in [0.2, 0.25) is 5.02 Å². The fourth-order valence-corrected chi connectivity index (χ4v) is 4.43. The Labute approximate surface area is 164 Å². The van der Waals surface area contributed by atoms with E-state index < -0.39 is 0 Å². The summed E-state index contributed by atoms with van der Waals surface area (Å²) in [5.41, 5.74) is 2.44. The first-order chi connectivity index (χ1) is 13.1. The third kappa shape index (κ3) is 3.84. The molecule has 0 radical (unpaired) electrons. The monoisotopic (exact) mass is 390 g/mol. The molecule has 1 amide bonds. The molecule has 2 aromatic heterocycles. The lowest BCUT2D eigenvalue weighted by Gasteiger charge is -2.43. The maximum atomic E-state index is 12.9. The summed E-state index contributed by atoms with van der Waals surface area (Å²) in [5, 5.41) is 7.06. The van der Waals surface area contributed by atoms with Gasteiger partial charge in [-0.1, -0.05) is 18.5 Å². The van der Waals surface area contributed by atoms with Crippen molar-refractivity contribution in [3.8, 4) is 0 Å². The molecule has 2 aliphatic rings. The Morgan fingerprint density at radius 2 is 2.22 bits per heavy atom. The molecular formula is C20H27ClN4O2. The molecule has 0 aliphatic carbocycles. The minimum Gasteiger partial charge on any atom is -0.376 e. The van der Waals surface area contributed by atoms with Crippen LogP contribution in [0, 0.1) is 5.41 Å². The number of carbonyl (C=O) groups is 1. The Bertz CT molecular complexity index is 819. The first kappa shape index (κ1) is 18.7. The number of fused-ring (bicyclic) bond motifs is 1. The highest BCUT2D eigenvalue weighted by atomic mass is 35.5. The quantitative estimate of drug-likeness (QED) is 0.842. The number of nitrogens with zero attached hydrogens (tertiary/aromatic N) is 2. The molecule has 4 rings (SSSR count). The third-order valence-corrected chi connectivity index (χ3v) is 6.20. The Morgan fingerprint density at radius 3 is 2.93 bits per heavy atom. The molecule has 4 heterocycles. The van der Waals surface area contributed by atoms with Crippen LogP contribution in [0.15, 0.2) is 18.3 Å². The Morgan fingerprint density at radius 1 is 1.41 bits per heavy atom. The first-order valence-electron chi connectivity index (χ1n) is 9.87. The largest absolute Gasteiger partial charge is 0.376 e. The van der Waals surface area contributed by atoms with Gasteiger partial charge in [0.1, 0.15) is 11.3 Å². The summed E-state index contributed by atoms with van der Waals surface area (Å²) in [4.78, 5) is 17.4. The summed E-state index contributed by atoms with van der Waals surface area (Å²) < 4.78 is 7.90. The molecule has 2 fully saturated rings. The van der Waals surface area contributed by atoms with Crippen molar-refractivity contribution in [2.45, 2.75) is 45.1 Å². The fraction of sp³-hybridized carbons (Fsp3) is 0.600. The molecule has 2 aromatic rings. The van der Waals surface area contributed by atoms with Gasteiger partial charge in [0.05, 0.1) is 23.4 Å². The number of nitrogens with one attached hydrogen (secondary N) is 2. The van der Waals surface area contributed by atoms with Crippen LogP contribution in [0.5, 0.6) is 0 Å². The second-order valence-corrected chi connectivity index (χ2v) is 8.20. The van der Waals surface area contributed by atoms with Crippen LogP contribution in [0.3, 0.4) is 0 Å². The number of hydrogen-bond donors (Lipinski definition) is 2. The fourth-order valence-electron chi connectivity index (χ4n) is 4.27. The van der Waals surface area contributed by atoms with Gasteiger partial charge in [-0.2, -0.15) is 0 Å². The van der Waals surface area contributed by atoms with Crippen molar-refractivity contribution >= 4 is 23.2 Å². The number of imidazole rings is 1. The Balaban J connectivity index is 1.40. The van der Waals surface area contributed by atoms with E-state index >= 15 is 0 Å². The number of ether oxygens (including phenoxy) is 1. The van der Waals surface area contributed by atoms with Crippen LogP contribution in [0.4, 0.5) is 0 Å². The van der Waals surface area contributed by atoms with E-state index in [0.29, 0.717) is 29.1 Å². The maximum absolute atomic E-state index is 12.9. The topological polar surface area (TPSA) is 67.7 Å². The van der Waals surface area contributed by atoms with E-state index in [1.54, 1.807) is 16.7 Å². The van der Waals surface area contributed by atoms with E-state index in [1.165, 1.54) is 19.3 Å². The normalized spacial score (nSPS) is 22.2. The molecule has 6 nitrogen and oxygen atoms in total. The molecular weight excluding hydrogens is 364 g/mol. The zero-order valence-corrected chi connectivity index (χ0v) is 16.5. The smallest absolute Gasteiger partial charge is 0.270 e. The molecule has 0 saturated carbocycles. The van der Waals surface area contributed by atoms with Gasteiger partial charge in [-0.15, -0.1) is 0 Å². The second kappa shape index (κ2) is 7.78. The van der Waals surface area contributed by atoms with Gasteiger partial charge in [-0.05, 0) is 62.7 Å². The summed E-state index contributed by atoms with van der Waals surface area (Å²) in [5.74, 6) is -0.118. The minimum absolute atomic E-state index is 0.0855. The molecule has 1 unspecified atom stereocenters. The summed E-state index contributed by atoms with van der Waals surface area (Å²) >= 11 is 6.11. The van der Waals surface area contributed by atoms with Crippen LogP contribution in [-0.4, -0.2) is 47.6 Å². The number of piperidine rings is 1. The van der Waals surface area contributed by atoms with Crippen LogP contribution in [-0.2, 0) is 11.2 Å². The van der Waals surface area contributed by atoms with Crippen LogP contribution in [0.25, 0.3) is 5.65 Å². The van der Waals surface area contributed by atoms with Crippen molar-refractivity contribution in [3.05, 3.63) is 34.7 Å². The van der Waals surface area contributed by atoms with Crippen molar-refractivity contribution in [2.75, 3.05) is 26.2 Å². The van der Waals surface area contributed by atoms with Gasteiger partial charge >= 0.3 is 0 Å². The summed E-state index contributed by atoms with van der Waals surface area (Å²) in [6.07, 6.45) is 7.08. The molecule has 27 heavy (non-hydrogen) atoms. The van der Waals surface area contributed by atoms with Gasteiger partial charge in [-0.25, -0.2) is 4.98 Å². The highest BCUT2D eigenvalue weighted by molar-refractivity contribution is 6.30. The predicted octanol–water partition coefficient (Wildman–Crippen LogP) is 2.83. The number of amides is 1. The number of rotatable bonds is 4. The van der Waals surface area contributed by atoms with E-state index in [2.05, 4.69) is 15.6 Å². The van der Waals surface area contributed by atoms with Crippen molar-refractivity contribution in [3.63, 3.8) is 0 Å². The molecule has 2 N–H and O–H groups in total. The van der Waals surface area contributed by atoms with Crippen molar-refractivity contribution in [1.82, 2.24) is 20.0 Å².